The van der Waals surface area contributed by atoms with Crippen molar-refractivity contribution in [2.45, 2.75) is 19.9 Å². The SMILES string of the molecule is CCn1cc(Cc2cc(Cl)ccc2O)c2cnc(C(=O)NO)cc21. The number of nitrogens with zero attached hydrogens (tertiary/aromatic N) is 2. The third-order valence-corrected chi connectivity index (χ3v) is 4.18. The lowest BCUT2D eigenvalue weighted by atomic mass is 10.0. The average Bonchev–Trinajstić information content (AvgIpc) is 2.94. The molecule has 1 amide bonds. The molecule has 0 aliphatic carbocycles. The number of benzene rings is 1. The number of carbonyl (C=O) groups is 1. The van der Waals surface area contributed by atoms with Crippen LogP contribution in [0.5, 0.6) is 5.75 Å². The van der Waals surface area contributed by atoms with Crippen molar-refractivity contribution in [3.8, 4) is 5.75 Å². The van der Waals surface area contributed by atoms with Gasteiger partial charge in [-0.25, -0.2) is 5.48 Å². The molecule has 0 radical (unpaired) electrons. The van der Waals surface area contributed by atoms with Crippen LogP contribution in [0.2, 0.25) is 5.02 Å². The summed E-state index contributed by atoms with van der Waals surface area (Å²) in [5.74, 6) is -0.476. The zero-order chi connectivity index (χ0) is 17.3. The second-order valence-electron chi connectivity index (χ2n) is 5.42. The Kier molecular flexibility index (Phi) is 4.42. The van der Waals surface area contributed by atoms with E-state index in [0.29, 0.717) is 18.0 Å². The number of halogens is 1. The maximum atomic E-state index is 11.6. The highest BCUT2D eigenvalue weighted by Crippen LogP contribution is 2.28. The third kappa shape index (κ3) is 2.93. The van der Waals surface area contributed by atoms with E-state index in [9.17, 15) is 9.90 Å². The number of fused-ring (bicyclic) bond motifs is 1. The molecule has 0 atom stereocenters. The predicted molar refractivity (Wildman–Crippen MR) is 90.6 cm³/mol. The second kappa shape index (κ2) is 6.51. The Morgan fingerprint density at radius 1 is 1.33 bits per heavy atom. The van der Waals surface area contributed by atoms with Gasteiger partial charge in [0.15, 0.2) is 0 Å². The molecule has 3 rings (SSSR count). The minimum atomic E-state index is -0.658. The molecule has 6 nitrogen and oxygen atoms in total. The van der Waals surface area contributed by atoms with Gasteiger partial charge in [-0.05, 0) is 42.3 Å². The van der Waals surface area contributed by atoms with Crippen LogP contribution >= 0.6 is 11.6 Å². The van der Waals surface area contributed by atoms with Gasteiger partial charge in [-0.15, -0.1) is 0 Å². The molecule has 0 fully saturated rings. The fourth-order valence-electron chi connectivity index (χ4n) is 2.74. The van der Waals surface area contributed by atoms with Crippen molar-refractivity contribution < 1.29 is 15.1 Å². The number of hydroxylamine groups is 1. The van der Waals surface area contributed by atoms with Gasteiger partial charge in [-0.2, -0.15) is 0 Å². The van der Waals surface area contributed by atoms with Crippen LogP contribution < -0.4 is 5.48 Å². The minimum absolute atomic E-state index is 0.134. The molecule has 3 aromatic rings. The van der Waals surface area contributed by atoms with Crippen LogP contribution in [0.3, 0.4) is 0 Å². The molecule has 0 spiro atoms. The van der Waals surface area contributed by atoms with Crippen LogP contribution in [0.15, 0.2) is 36.7 Å². The van der Waals surface area contributed by atoms with Gasteiger partial charge in [0, 0.05) is 35.8 Å². The number of pyridine rings is 1. The lowest BCUT2D eigenvalue weighted by Crippen LogP contribution is -2.19. The molecule has 0 saturated heterocycles. The van der Waals surface area contributed by atoms with Crippen LogP contribution in [0.1, 0.15) is 28.5 Å². The molecule has 3 N–H and O–H groups in total. The van der Waals surface area contributed by atoms with Crippen LogP contribution in [-0.2, 0) is 13.0 Å². The van der Waals surface area contributed by atoms with E-state index >= 15 is 0 Å². The molecule has 0 unspecified atom stereocenters. The van der Waals surface area contributed by atoms with Crippen molar-refractivity contribution in [3.63, 3.8) is 0 Å². The first-order valence-electron chi connectivity index (χ1n) is 7.43. The molecular formula is C17H16ClN3O3. The Bertz CT molecular complexity index is 921. The number of carbonyl (C=O) groups excluding carboxylic acids is 1. The molecule has 0 aliphatic rings. The number of phenols is 1. The van der Waals surface area contributed by atoms with E-state index in [0.717, 1.165) is 22.0 Å². The fourth-order valence-corrected chi connectivity index (χ4v) is 2.94. The quantitative estimate of drug-likeness (QED) is 0.501. The highest BCUT2D eigenvalue weighted by molar-refractivity contribution is 6.30. The van der Waals surface area contributed by atoms with E-state index in [4.69, 9.17) is 16.8 Å². The first-order chi connectivity index (χ1) is 11.5. The Morgan fingerprint density at radius 2 is 2.12 bits per heavy atom. The number of aromatic nitrogens is 2. The number of nitrogens with one attached hydrogen (secondary N) is 1. The first-order valence-corrected chi connectivity index (χ1v) is 7.81. The molecular weight excluding hydrogens is 330 g/mol. The lowest BCUT2D eigenvalue weighted by molar-refractivity contribution is 0.0701. The van der Waals surface area contributed by atoms with Crippen LogP contribution in [0.25, 0.3) is 10.9 Å². The van der Waals surface area contributed by atoms with Gasteiger partial charge in [-0.1, -0.05) is 11.6 Å². The summed E-state index contributed by atoms with van der Waals surface area (Å²) in [6.45, 7) is 2.70. The van der Waals surface area contributed by atoms with Crippen LogP contribution in [-0.4, -0.2) is 25.8 Å². The summed E-state index contributed by atoms with van der Waals surface area (Å²) in [6, 6.07) is 6.56. The van der Waals surface area contributed by atoms with Crippen molar-refractivity contribution in [3.05, 3.63) is 58.5 Å². The number of aryl methyl sites for hydroxylation is 1. The average molecular weight is 346 g/mol. The smallest absolute Gasteiger partial charge is 0.293 e. The number of rotatable bonds is 4. The maximum absolute atomic E-state index is 11.6. The highest BCUT2D eigenvalue weighted by Gasteiger charge is 2.14. The van der Waals surface area contributed by atoms with E-state index in [1.807, 2.05) is 17.7 Å². The molecule has 24 heavy (non-hydrogen) atoms. The van der Waals surface area contributed by atoms with Crippen molar-refractivity contribution >= 4 is 28.4 Å². The first kappa shape index (κ1) is 16.3. The van der Waals surface area contributed by atoms with E-state index in [1.54, 1.807) is 35.9 Å². The van der Waals surface area contributed by atoms with Gasteiger partial charge >= 0.3 is 0 Å². The number of hydrogen-bond acceptors (Lipinski definition) is 4. The van der Waals surface area contributed by atoms with Gasteiger partial charge in [-0.3, -0.25) is 15.0 Å². The van der Waals surface area contributed by atoms with E-state index < -0.39 is 5.91 Å². The second-order valence-corrected chi connectivity index (χ2v) is 5.85. The van der Waals surface area contributed by atoms with Crippen molar-refractivity contribution in [2.24, 2.45) is 0 Å². The largest absolute Gasteiger partial charge is 0.508 e. The zero-order valence-corrected chi connectivity index (χ0v) is 13.7. The van der Waals surface area contributed by atoms with Gasteiger partial charge in [0.1, 0.15) is 11.4 Å². The fraction of sp³-hybridized carbons (Fsp3) is 0.176. The van der Waals surface area contributed by atoms with Gasteiger partial charge in [0.05, 0.1) is 5.52 Å². The minimum Gasteiger partial charge on any atom is -0.508 e. The summed E-state index contributed by atoms with van der Waals surface area (Å²) in [4.78, 5) is 15.6. The number of hydrogen-bond donors (Lipinski definition) is 3. The Morgan fingerprint density at radius 3 is 2.83 bits per heavy atom. The summed E-state index contributed by atoms with van der Waals surface area (Å²) in [5.41, 5.74) is 4.24. The molecule has 0 aliphatic heterocycles. The van der Waals surface area contributed by atoms with Crippen molar-refractivity contribution in [1.82, 2.24) is 15.0 Å². The highest BCUT2D eigenvalue weighted by atomic mass is 35.5. The molecule has 2 heterocycles. The molecule has 1 aromatic carbocycles. The van der Waals surface area contributed by atoms with E-state index in [2.05, 4.69) is 4.98 Å². The maximum Gasteiger partial charge on any atom is 0.293 e. The number of amides is 1. The molecule has 0 bridgehead atoms. The van der Waals surface area contributed by atoms with Crippen molar-refractivity contribution in [1.29, 1.82) is 0 Å². The van der Waals surface area contributed by atoms with Crippen LogP contribution in [0.4, 0.5) is 0 Å². The van der Waals surface area contributed by atoms with E-state index in [-0.39, 0.29) is 11.4 Å². The van der Waals surface area contributed by atoms with Crippen molar-refractivity contribution in [2.75, 3.05) is 0 Å². The van der Waals surface area contributed by atoms with Gasteiger partial charge < -0.3 is 9.67 Å². The molecule has 2 aromatic heterocycles. The topological polar surface area (TPSA) is 87.4 Å². The summed E-state index contributed by atoms with van der Waals surface area (Å²) in [6.07, 6.45) is 4.05. The third-order valence-electron chi connectivity index (χ3n) is 3.95. The predicted octanol–water partition coefficient (Wildman–Crippen LogP) is 3.13. The van der Waals surface area contributed by atoms with Crippen LogP contribution in [0, 0.1) is 0 Å². The Balaban J connectivity index is 2.08. The summed E-state index contributed by atoms with van der Waals surface area (Å²) in [5, 5.41) is 20.2. The lowest BCUT2D eigenvalue weighted by Gasteiger charge is -2.05. The zero-order valence-electron chi connectivity index (χ0n) is 13.0. The Labute approximate surface area is 143 Å². The standard InChI is InChI=1S/C17H16ClN3O3/c1-2-21-9-11(5-10-6-12(18)3-4-16(10)22)13-8-19-14(7-15(13)21)17(23)20-24/h3-4,6-9,22,24H,2,5H2,1H3,(H,20,23). The molecule has 7 heteroatoms. The number of phenolic OH excluding ortho intramolecular Hbond substituents is 1. The number of aromatic hydroxyl groups is 1. The molecule has 124 valence electrons. The van der Waals surface area contributed by atoms with Gasteiger partial charge in [0.25, 0.3) is 5.91 Å². The molecule has 0 saturated carbocycles. The Hall–Kier alpha value is -2.57. The summed E-state index contributed by atoms with van der Waals surface area (Å²) in [7, 11) is 0. The summed E-state index contributed by atoms with van der Waals surface area (Å²) < 4.78 is 1.99. The normalized spacial score (nSPS) is 11.0. The van der Waals surface area contributed by atoms with E-state index in [1.165, 1.54) is 0 Å². The summed E-state index contributed by atoms with van der Waals surface area (Å²) >= 11 is 6.01. The monoisotopic (exact) mass is 345 g/mol. The van der Waals surface area contributed by atoms with Gasteiger partial charge in [0.2, 0.25) is 0 Å².